The highest BCUT2D eigenvalue weighted by Gasteiger charge is 2.17. The van der Waals surface area contributed by atoms with Crippen LogP contribution in [0.2, 0.25) is 0 Å². The van der Waals surface area contributed by atoms with Gasteiger partial charge in [0.05, 0.1) is 10.0 Å². The number of hydrogen-bond donors (Lipinski definition) is 2. The van der Waals surface area contributed by atoms with Crippen LogP contribution in [-0.2, 0) is 13.0 Å². The summed E-state index contributed by atoms with van der Waals surface area (Å²) in [5.41, 5.74) is 3.44. The van der Waals surface area contributed by atoms with Crippen LogP contribution in [-0.4, -0.2) is 12.5 Å². The first-order chi connectivity index (χ1) is 10.2. The molecule has 0 atom stereocenters. The molecule has 108 valence electrons. The molecule has 0 aliphatic carbocycles. The highest BCUT2D eigenvalue weighted by Crippen LogP contribution is 2.25. The number of carbonyl (C=O) groups is 1. The first-order valence-electron chi connectivity index (χ1n) is 6.73. The maximum absolute atomic E-state index is 13.5. The number of anilines is 1. The lowest BCUT2D eigenvalue weighted by atomic mass is 9.99. The van der Waals surface area contributed by atoms with Crippen LogP contribution in [0.5, 0.6) is 0 Å². The van der Waals surface area contributed by atoms with E-state index in [0.717, 1.165) is 30.8 Å². The molecule has 0 radical (unpaired) electrons. The summed E-state index contributed by atoms with van der Waals surface area (Å²) in [6.07, 6.45) is 0.871. The van der Waals surface area contributed by atoms with Gasteiger partial charge in [0.15, 0.2) is 0 Å². The molecule has 2 aromatic rings. The van der Waals surface area contributed by atoms with Gasteiger partial charge in [-0.25, -0.2) is 4.39 Å². The van der Waals surface area contributed by atoms with E-state index in [9.17, 15) is 9.18 Å². The van der Waals surface area contributed by atoms with E-state index in [1.807, 2.05) is 12.1 Å². The van der Waals surface area contributed by atoms with Crippen molar-refractivity contribution in [3.05, 3.63) is 63.4 Å². The van der Waals surface area contributed by atoms with Crippen LogP contribution < -0.4 is 10.6 Å². The van der Waals surface area contributed by atoms with Crippen LogP contribution in [0.1, 0.15) is 21.5 Å². The van der Waals surface area contributed by atoms with E-state index in [0.29, 0.717) is 5.56 Å². The lowest BCUT2D eigenvalue weighted by molar-refractivity contribution is 0.102. The van der Waals surface area contributed by atoms with Gasteiger partial charge in [0, 0.05) is 12.2 Å². The quantitative estimate of drug-likeness (QED) is 0.872. The molecule has 3 nitrogen and oxygen atoms in total. The van der Waals surface area contributed by atoms with Gasteiger partial charge in [-0.15, -0.1) is 0 Å². The predicted molar refractivity (Wildman–Crippen MR) is 83.9 cm³/mol. The fraction of sp³-hybridized carbons (Fsp3) is 0.188. The summed E-state index contributed by atoms with van der Waals surface area (Å²) in [6, 6.07) is 10.3. The zero-order chi connectivity index (χ0) is 14.8. The summed E-state index contributed by atoms with van der Waals surface area (Å²) < 4.78 is 13.7. The molecule has 0 saturated carbocycles. The van der Waals surface area contributed by atoms with Gasteiger partial charge >= 0.3 is 0 Å². The van der Waals surface area contributed by atoms with Gasteiger partial charge in [-0.1, -0.05) is 18.2 Å². The van der Waals surface area contributed by atoms with Crippen LogP contribution in [0, 0.1) is 5.82 Å². The van der Waals surface area contributed by atoms with E-state index in [1.54, 1.807) is 6.07 Å². The number of nitrogens with one attached hydrogen (secondary N) is 2. The average Bonchev–Trinajstić information content (AvgIpc) is 2.50. The third kappa shape index (κ3) is 2.84. The molecule has 0 saturated heterocycles. The lowest BCUT2D eigenvalue weighted by Gasteiger charge is -2.20. The molecule has 1 heterocycles. The van der Waals surface area contributed by atoms with Crippen LogP contribution in [0.3, 0.4) is 0 Å². The summed E-state index contributed by atoms with van der Waals surface area (Å²) >= 11 is 3.12. The van der Waals surface area contributed by atoms with Crippen molar-refractivity contribution in [1.29, 1.82) is 0 Å². The van der Waals surface area contributed by atoms with Gasteiger partial charge in [-0.2, -0.15) is 0 Å². The molecule has 1 aliphatic heterocycles. The van der Waals surface area contributed by atoms with Crippen LogP contribution in [0.25, 0.3) is 0 Å². The summed E-state index contributed by atoms with van der Waals surface area (Å²) in [4.78, 5) is 12.3. The van der Waals surface area contributed by atoms with E-state index >= 15 is 0 Å². The Morgan fingerprint density at radius 3 is 2.90 bits per heavy atom. The highest BCUT2D eigenvalue weighted by molar-refractivity contribution is 9.10. The second kappa shape index (κ2) is 5.95. The highest BCUT2D eigenvalue weighted by atomic mass is 79.9. The van der Waals surface area contributed by atoms with Crippen molar-refractivity contribution < 1.29 is 9.18 Å². The van der Waals surface area contributed by atoms with Crippen molar-refractivity contribution in [2.24, 2.45) is 0 Å². The molecule has 2 N–H and O–H groups in total. The first kappa shape index (κ1) is 14.2. The van der Waals surface area contributed by atoms with Crippen molar-refractivity contribution in [1.82, 2.24) is 5.32 Å². The van der Waals surface area contributed by atoms with Gasteiger partial charge in [0.1, 0.15) is 5.82 Å². The summed E-state index contributed by atoms with van der Waals surface area (Å²) in [5.74, 6) is -0.754. The Kier molecular flexibility index (Phi) is 4.03. The van der Waals surface area contributed by atoms with Gasteiger partial charge < -0.3 is 10.6 Å². The Morgan fingerprint density at radius 2 is 2.05 bits per heavy atom. The van der Waals surface area contributed by atoms with Crippen molar-refractivity contribution in [3.63, 3.8) is 0 Å². The Balaban J connectivity index is 1.90. The Hall–Kier alpha value is -1.72. The zero-order valence-electron chi connectivity index (χ0n) is 11.2. The van der Waals surface area contributed by atoms with Gasteiger partial charge in [0.25, 0.3) is 5.91 Å². The molecule has 0 fully saturated rings. The lowest BCUT2D eigenvalue weighted by Crippen LogP contribution is -2.25. The SMILES string of the molecule is O=C(Nc1cccc2c1CCNC2)c1cccc(F)c1Br. The number of carbonyl (C=O) groups excluding carboxylic acids is 1. The minimum atomic E-state index is -0.443. The van der Waals surface area contributed by atoms with E-state index in [4.69, 9.17) is 0 Å². The van der Waals surface area contributed by atoms with Crippen LogP contribution in [0.4, 0.5) is 10.1 Å². The average molecular weight is 349 g/mol. The molecule has 1 amide bonds. The number of amides is 1. The van der Waals surface area contributed by atoms with E-state index in [2.05, 4.69) is 32.6 Å². The van der Waals surface area contributed by atoms with Gasteiger partial charge in [-0.05, 0) is 58.2 Å². The van der Waals surface area contributed by atoms with Crippen molar-refractivity contribution in [2.75, 3.05) is 11.9 Å². The fourth-order valence-electron chi connectivity index (χ4n) is 2.52. The first-order valence-corrected chi connectivity index (χ1v) is 7.53. The standard InChI is InChI=1S/C16H14BrFN2O/c17-15-12(4-2-5-13(15)18)16(21)20-14-6-1-3-10-9-19-8-7-11(10)14/h1-6,19H,7-9H2,(H,20,21). The third-order valence-corrected chi connectivity index (χ3v) is 4.39. The van der Waals surface area contributed by atoms with Crippen molar-refractivity contribution in [2.45, 2.75) is 13.0 Å². The molecule has 0 unspecified atom stereocenters. The Labute approximate surface area is 130 Å². The molecule has 2 aromatic carbocycles. The molecule has 3 rings (SSSR count). The van der Waals surface area contributed by atoms with E-state index in [-0.39, 0.29) is 10.4 Å². The molecular weight excluding hydrogens is 335 g/mol. The smallest absolute Gasteiger partial charge is 0.256 e. The second-order valence-electron chi connectivity index (χ2n) is 4.93. The molecule has 0 bridgehead atoms. The van der Waals surface area contributed by atoms with Crippen molar-refractivity contribution in [3.8, 4) is 0 Å². The molecule has 1 aliphatic rings. The molecule has 0 aromatic heterocycles. The second-order valence-corrected chi connectivity index (χ2v) is 5.72. The van der Waals surface area contributed by atoms with Crippen LogP contribution >= 0.6 is 15.9 Å². The van der Waals surface area contributed by atoms with E-state index < -0.39 is 5.82 Å². The monoisotopic (exact) mass is 348 g/mol. The Bertz CT molecular complexity index is 703. The summed E-state index contributed by atoms with van der Waals surface area (Å²) in [5, 5.41) is 6.19. The Morgan fingerprint density at radius 1 is 1.24 bits per heavy atom. The third-order valence-electron chi connectivity index (χ3n) is 3.58. The van der Waals surface area contributed by atoms with Gasteiger partial charge in [0.2, 0.25) is 0 Å². The maximum atomic E-state index is 13.5. The van der Waals surface area contributed by atoms with E-state index in [1.165, 1.54) is 17.7 Å². The number of hydrogen-bond acceptors (Lipinski definition) is 2. The maximum Gasteiger partial charge on any atom is 0.256 e. The number of halogens is 2. The largest absolute Gasteiger partial charge is 0.322 e. The normalized spacial score (nSPS) is 13.6. The minimum absolute atomic E-state index is 0.189. The summed E-state index contributed by atoms with van der Waals surface area (Å²) in [6.45, 7) is 1.70. The van der Waals surface area contributed by atoms with Crippen LogP contribution in [0.15, 0.2) is 40.9 Å². The molecular formula is C16H14BrFN2O. The number of benzene rings is 2. The van der Waals surface area contributed by atoms with Crippen molar-refractivity contribution >= 4 is 27.5 Å². The molecule has 21 heavy (non-hydrogen) atoms. The number of fused-ring (bicyclic) bond motifs is 1. The topological polar surface area (TPSA) is 41.1 Å². The molecule has 0 spiro atoms. The summed E-state index contributed by atoms with van der Waals surface area (Å²) in [7, 11) is 0. The number of rotatable bonds is 2. The minimum Gasteiger partial charge on any atom is -0.322 e. The molecule has 5 heteroatoms. The van der Waals surface area contributed by atoms with Gasteiger partial charge in [-0.3, -0.25) is 4.79 Å². The predicted octanol–water partition coefficient (Wildman–Crippen LogP) is 3.49. The zero-order valence-corrected chi connectivity index (χ0v) is 12.8. The fourth-order valence-corrected chi connectivity index (χ4v) is 2.96.